The highest BCUT2D eigenvalue weighted by atomic mass is 35.5. The van der Waals surface area contributed by atoms with Gasteiger partial charge in [0.05, 0.1) is 5.69 Å². The van der Waals surface area contributed by atoms with Gasteiger partial charge in [0.25, 0.3) is 0 Å². The van der Waals surface area contributed by atoms with Crippen LogP contribution in [-0.4, -0.2) is 9.38 Å². The summed E-state index contributed by atoms with van der Waals surface area (Å²) in [4.78, 5) is 6.57. The van der Waals surface area contributed by atoms with Crippen molar-refractivity contribution in [3.8, 4) is 0 Å². The summed E-state index contributed by atoms with van der Waals surface area (Å²) in [5.41, 5.74) is 2.18. The van der Waals surface area contributed by atoms with Crippen LogP contribution in [0.5, 0.6) is 0 Å². The first kappa shape index (κ1) is 10.7. The molecular formula is C12H8ClN3S2. The molecule has 0 amide bonds. The summed E-state index contributed by atoms with van der Waals surface area (Å²) in [5.74, 6) is 0. The Morgan fingerprint density at radius 1 is 1.33 bits per heavy atom. The minimum absolute atomic E-state index is 0.125. The number of nitrogens with zero attached hydrogens (tertiary/aromatic N) is 2. The van der Waals surface area contributed by atoms with E-state index in [9.17, 15) is 0 Å². The van der Waals surface area contributed by atoms with Crippen LogP contribution in [0.25, 0.3) is 4.96 Å². The molecule has 0 fully saturated rings. The zero-order valence-corrected chi connectivity index (χ0v) is 11.5. The molecule has 2 aromatic heterocycles. The van der Waals surface area contributed by atoms with E-state index in [1.807, 2.05) is 23.7 Å². The van der Waals surface area contributed by atoms with E-state index in [0.717, 1.165) is 16.3 Å². The van der Waals surface area contributed by atoms with E-state index in [4.69, 9.17) is 11.6 Å². The predicted molar refractivity (Wildman–Crippen MR) is 76.7 cm³/mol. The second-order valence-electron chi connectivity index (χ2n) is 3.98. The zero-order chi connectivity index (χ0) is 12.1. The van der Waals surface area contributed by atoms with Gasteiger partial charge in [-0.25, -0.2) is 4.98 Å². The van der Waals surface area contributed by atoms with Crippen molar-refractivity contribution in [2.45, 2.75) is 10.3 Å². The Bertz CT molecular complexity index is 709. The number of thiazole rings is 1. The van der Waals surface area contributed by atoms with Crippen molar-refractivity contribution in [1.82, 2.24) is 9.38 Å². The highest BCUT2D eigenvalue weighted by Gasteiger charge is 2.28. The fourth-order valence-corrected chi connectivity index (χ4v) is 4.43. The Morgan fingerprint density at radius 3 is 3.11 bits per heavy atom. The van der Waals surface area contributed by atoms with Gasteiger partial charge in [-0.3, -0.25) is 4.40 Å². The molecule has 6 heteroatoms. The van der Waals surface area contributed by atoms with E-state index in [0.29, 0.717) is 5.15 Å². The molecule has 0 saturated heterocycles. The molecule has 3 aromatic rings. The molecule has 0 saturated carbocycles. The third-order valence-electron chi connectivity index (χ3n) is 2.92. The first-order valence-electron chi connectivity index (χ1n) is 5.46. The number of para-hydroxylation sites is 1. The second-order valence-corrected chi connectivity index (χ2v) is 6.36. The van der Waals surface area contributed by atoms with Crippen LogP contribution in [-0.2, 0) is 0 Å². The molecule has 3 heterocycles. The molecule has 4 rings (SSSR count). The highest BCUT2D eigenvalue weighted by Crippen LogP contribution is 2.47. The lowest BCUT2D eigenvalue weighted by molar-refractivity contribution is 1.00. The summed E-state index contributed by atoms with van der Waals surface area (Å²) in [7, 11) is 0. The van der Waals surface area contributed by atoms with Crippen LogP contribution >= 0.6 is 34.7 Å². The highest BCUT2D eigenvalue weighted by molar-refractivity contribution is 8.00. The van der Waals surface area contributed by atoms with Crippen LogP contribution in [0.1, 0.15) is 11.1 Å². The van der Waals surface area contributed by atoms with E-state index < -0.39 is 0 Å². The van der Waals surface area contributed by atoms with Gasteiger partial charge in [0.15, 0.2) is 10.1 Å². The van der Waals surface area contributed by atoms with Gasteiger partial charge in [0.1, 0.15) is 5.37 Å². The van der Waals surface area contributed by atoms with E-state index in [2.05, 4.69) is 26.8 Å². The van der Waals surface area contributed by atoms with Gasteiger partial charge < -0.3 is 5.32 Å². The molecule has 0 unspecified atom stereocenters. The van der Waals surface area contributed by atoms with Gasteiger partial charge >= 0.3 is 0 Å². The monoisotopic (exact) mass is 293 g/mol. The van der Waals surface area contributed by atoms with Crippen LogP contribution in [0.2, 0.25) is 5.15 Å². The molecule has 0 spiro atoms. The largest absolute Gasteiger partial charge is 0.367 e. The summed E-state index contributed by atoms with van der Waals surface area (Å²) in [6.07, 6.45) is 2.01. The second kappa shape index (κ2) is 3.91. The van der Waals surface area contributed by atoms with Gasteiger partial charge in [-0.15, -0.1) is 11.3 Å². The average molecular weight is 294 g/mol. The summed E-state index contributed by atoms with van der Waals surface area (Å²) in [6, 6.07) is 8.29. The topological polar surface area (TPSA) is 29.3 Å². The minimum atomic E-state index is 0.125. The number of aromatic nitrogens is 2. The minimum Gasteiger partial charge on any atom is -0.367 e. The third-order valence-corrected chi connectivity index (χ3v) is 5.14. The normalized spacial score (nSPS) is 17.9. The van der Waals surface area contributed by atoms with E-state index >= 15 is 0 Å². The first-order chi connectivity index (χ1) is 8.83. The number of fused-ring (bicyclic) bond motifs is 2. The van der Waals surface area contributed by atoms with Crippen molar-refractivity contribution < 1.29 is 0 Å². The Hall–Kier alpha value is -1.17. The van der Waals surface area contributed by atoms with E-state index in [1.54, 1.807) is 23.1 Å². The molecule has 1 N–H and O–H groups in total. The molecule has 1 atom stereocenters. The van der Waals surface area contributed by atoms with Crippen LogP contribution in [0.4, 0.5) is 5.69 Å². The number of benzene rings is 1. The summed E-state index contributed by atoms with van der Waals surface area (Å²) < 4.78 is 2.06. The number of imidazole rings is 1. The fraction of sp³-hybridized carbons (Fsp3) is 0.0833. The number of hydrogen-bond donors (Lipinski definition) is 1. The molecule has 90 valence electrons. The summed E-state index contributed by atoms with van der Waals surface area (Å²) in [5, 5.41) is 6.21. The predicted octanol–water partition coefficient (Wildman–Crippen LogP) is 4.27. The number of thioether (sulfide) groups is 1. The van der Waals surface area contributed by atoms with Gasteiger partial charge in [-0.2, -0.15) is 0 Å². The molecule has 3 nitrogen and oxygen atoms in total. The van der Waals surface area contributed by atoms with Crippen LogP contribution in [0.3, 0.4) is 0 Å². The SMILES string of the molecule is Clc1nc2sccn2c1[C@@H]1Nc2ccccc2S1. The fourth-order valence-electron chi connectivity index (χ4n) is 2.12. The van der Waals surface area contributed by atoms with Crippen LogP contribution in [0, 0.1) is 0 Å². The van der Waals surface area contributed by atoms with Gasteiger partial charge in [-0.05, 0) is 12.1 Å². The number of hydrogen-bond acceptors (Lipinski definition) is 4. The van der Waals surface area contributed by atoms with Crippen LogP contribution < -0.4 is 5.32 Å². The first-order valence-corrected chi connectivity index (χ1v) is 7.60. The van der Waals surface area contributed by atoms with Crippen molar-refractivity contribution in [2.75, 3.05) is 5.32 Å². The van der Waals surface area contributed by atoms with E-state index in [-0.39, 0.29) is 5.37 Å². The number of nitrogens with one attached hydrogen (secondary N) is 1. The Balaban J connectivity index is 1.82. The maximum Gasteiger partial charge on any atom is 0.195 e. The average Bonchev–Trinajstić information content (AvgIpc) is 3.00. The van der Waals surface area contributed by atoms with Crippen molar-refractivity contribution in [3.63, 3.8) is 0 Å². The summed E-state index contributed by atoms with van der Waals surface area (Å²) >= 11 is 9.62. The van der Waals surface area contributed by atoms with Crippen molar-refractivity contribution in [3.05, 3.63) is 46.7 Å². The van der Waals surface area contributed by atoms with Gasteiger partial charge in [-0.1, -0.05) is 35.5 Å². The molecule has 0 bridgehead atoms. The quantitative estimate of drug-likeness (QED) is 0.727. The lowest BCUT2D eigenvalue weighted by atomic mass is 10.3. The lowest BCUT2D eigenvalue weighted by Crippen LogP contribution is -2.04. The standard InChI is InChI=1S/C12H8ClN3S2/c13-10-9(16-5-6-17-12(16)15-10)11-14-7-3-1-2-4-8(7)18-11/h1-6,11,14H/t11-/m1/s1. The lowest BCUT2D eigenvalue weighted by Gasteiger charge is -2.09. The molecule has 1 aromatic carbocycles. The third kappa shape index (κ3) is 1.48. The van der Waals surface area contributed by atoms with Crippen molar-refractivity contribution in [2.24, 2.45) is 0 Å². The number of rotatable bonds is 1. The smallest absolute Gasteiger partial charge is 0.195 e. The molecule has 18 heavy (non-hydrogen) atoms. The molecule has 0 radical (unpaired) electrons. The Labute approximate surface area is 117 Å². The summed E-state index contributed by atoms with van der Waals surface area (Å²) in [6.45, 7) is 0. The number of anilines is 1. The van der Waals surface area contributed by atoms with Gasteiger partial charge in [0.2, 0.25) is 0 Å². The van der Waals surface area contributed by atoms with Crippen molar-refractivity contribution >= 4 is 45.3 Å². The van der Waals surface area contributed by atoms with E-state index in [1.165, 1.54) is 4.90 Å². The molecule has 0 aliphatic carbocycles. The Kier molecular flexibility index (Phi) is 2.33. The molecule has 1 aliphatic heterocycles. The Morgan fingerprint density at radius 2 is 2.22 bits per heavy atom. The van der Waals surface area contributed by atoms with Gasteiger partial charge in [0, 0.05) is 22.2 Å². The maximum atomic E-state index is 6.25. The zero-order valence-electron chi connectivity index (χ0n) is 9.13. The molecule has 1 aliphatic rings. The maximum absolute atomic E-state index is 6.25. The number of halogens is 1. The molecular weight excluding hydrogens is 286 g/mol. The van der Waals surface area contributed by atoms with Crippen LogP contribution in [0.15, 0.2) is 40.7 Å². The van der Waals surface area contributed by atoms with Crippen molar-refractivity contribution in [1.29, 1.82) is 0 Å².